The van der Waals surface area contributed by atoms with Crippen LogP contribution >= 0.6 is 0 Å². The van der Waals surface area contributed by atoms with Gasteiger partial charge in [-0.2, -0.15) is 43.5 Å². The summed E-state index contributed by atoms with van der Waals surface area (Å²) >= 11 is 0. The highest BCUT2D eigenvalue weighted by Gasteiger charge is 2.77. The van der Waals surface area contributed by atoms with Crippen molar-refractivity contribution in [2.24, 2.45) is 29.6 Å². The fourth-order valence-corrected chi connectivity index (χ4v) is 6.92. The molecule has 0 aliphatic heterocycles. The first-order valence-electron chi connectivity index (χ1n) is 12.4. The number of rotatable bonds is 8. The van der Waals surface area contributed by atoms with E-state index in [-0.39, 0.29) is 25.7 Å². The number of ether oxygens (including phenoxy) is 2. The number of fused-ring (bicyclic) bond motifs is 2. The Morgan fingerprint density at radius 1 is 0.821 bits per heavy atom. The standard InChI is InChI=1S/C23H30F8O7S/c1-12(10-37-11-20(24,25)39(34,35)36)19(32)38-18-15-8-4-2-6-13(15)17(14-7-3-5-9-16(14)18)21(33,22(26,27)28)23(29,30)31/h13-18,33H,1-11H2,(H,34,35,36). The van der Waals surface area contributed by atoms with Crippen LogP contribution in [-0.4, -0.2) is 66.6 Å². The monoisotopic (exact) mass is 602 g/mol. The summed E-state index contributed by atoms with van der Waals surface area (Å²) in [6, 6.07) is 0. The third-order valence-electron chi connectivity index (χ3n) is 8.32. The van der Waals surface area contributed by atoms with E-state index in [1.165, 1.54) is 0 Å². The fraction of sp³-hybridized carbons (Fsp3) is 0.870. The molecule has 3 aliphatic rings. The first-order chi connectivity index (χ1) is 17.7. The topological polar surface area (TPSA) is 110 Å². The second kappa shape index (κ2) is 11.0. The van der Waals surface area contributed by atoms with Crippen molar-refractivity contribution in [1.82, 2.24) is 0 Å². The molecule has 4 atom stereocenters. The van der Waals surface area contributed by atoms with Crippen LogP contribution in [0, 0.1) is 29.6 Å². The maximum absolute atomic E-state index is 14.0. The first kappa shape index (κ1) is 32.0. The van der Waals surface area contributed by atoms with Crippen molar-refractivity contribution in [1.29, 1.82) is 0 Å². The summed E-state index contributed by atoms with van der Waals surface area (Å²) in [6.45, 7) is 0.580. The second-order valence-corrected chi connectivity index (χ2v) is 12.1. The number of alkyl halides is 8. The van der Waals surface area contributed by atoms with Crippen LogP contribution in [-0.2, 0) is 24.4 Å². The molecule has 226 valence electrons. The van der Waals surface area contributed by atoms with Gasteiger partial charge in [0.1, 0.15) is 12.7 Å². The van der Waals surface area contributed by atoms with Crippen LogP contribution in [0.5, 0.6) is 0 Å². The molecular formula is C23H30F8O7S. The van der Waals surface area contributed by atoms with E-state index < -0.39 is 93.8 Å². The normalized spacial score (nSPS) is 30.7. The molecule has 0 amide bonds. The van der Waals surface area contributed by atoms with Gasteiger partial charge in [0.15, 0.2) is 0 Å². The first-order valence-corrected chi connectivity index (χ1v) is 13.8. The van der Waals surface area contributed by atoms with Gasteiger partial charge >= 0.3 is 33.7 Å². The van der Waals surface area contributed by atoms with Crippen molar-refractivity contribution in [3.8, 4) is 0 Å². The zero-order chi connectivity index (χ0) is 29.6. The minimum atomic E-state index is -6.00. The lowest BCUT2D eigenvalue weighted by Crippen LogP contribution is -2.69. The van der Waals surface area contributed by atoms with E-state index in [1.54, 1.807) is 0 Å². The zero-order valence-electron chi connectivity index (χ0n) is 20.6. The quantitative estimate of drug-likeness (QED) is 0.173. The van der Waals surface area contributed by atoms with E-state index in [1.807, 2.05) is 0 Å². The molecule has 2 N–H and O–H groups in total. The number of aliphatic hydroxyl groups is 1. The summed E-state index contributed by atoms with van der Waals surface area (Å²) in [5, 5.41) is 5.78. The SMILES string of the molecule is C=C(COCC(F)(F)S(=O)(=O)O)C(=O)OC1C2CCCCC2C(C(O)(C(F)(F)F)C(F)(F)F)C2CCCCC21. The Morgan fingerprint density at radius 3 is 1.62 bits per heavy atom. The predicted octanol–water partition coefficient (Wildman–Crippen LogP) is 5.05. The Kier molecular flexibility index (Phi) is 9.06. The van der Waals surface area contributed by atoms with E-state index in [0.717, 1.165) is 0 Å². The minimum absolute atomic E-state index is 0.0458. The molecule has 7 nitrogen and oxygen atoms in total. The maximum Gasteiger partial charge on any atom is 0.426 e. The van der Waals surface area contributed by atoms with Gasteiger partial charge in [0.2, 0.25) is 0 Å². The number of hydrogen-bond acceptors (Lipinski definition) is 6. The lowest BCUT2D eigenvalue weighted by Gasteiger charge is -2.58. The lowest BCUT2D eigenvalue weighted by molar-refractivity contribution is -0.403. The Bertz CT molecular complexity index is 988. The predicted molar refractivity (Wildman–Crippen MR) is 118 cm³/mol. The van der Waals surface area contributed by atoms with Crippen molar-refractivity contribution < 1.29 is 67.5 Å². The van der Waals surface area contributed by atoms with Crippen LogP contribution in [0.2, 0.25) is 0 Å². The van der Waals surface area contributed by atoms with Crippen molar-refractivity contribution >= 4 is 16.1 Å². The summed E-state index contributed by atoms with van der Waals surface area (Å²) in [5.41, 5.74) is -5.50. The van der Waals surface area contributed by atoms with Crippen LogP contribution in [0.4, 0.5) is 35.1 Å². The fourth-order valence-electron chi connectivity index (χ4n) is 6.69. The Labute approximate surface area is 219 Å². The molecule has 3 fully saturated rings. The molecule has 0 aromatic carbocycles. The molecule has 39 heavy (non-hydrogen) atoms. The molecular weight excluding hydrogens is 572 g/mol. The molecule has 0 saturated heterocycles. The van der Waals surface area contributed by atoms with Gasteiger partial charge in [-0.25, -0.2) is 4.79 Å². The number of esters is 1. The van der Waals surface area contributed by atoms with Gasteiger partial charge in [0.25, 0.3) is 5.60 Å². The highest BCUT2D eigenvalue weighted by molar-refractivity contribution is 7.86. The molecule has 3 rings (SSSR count). The highest BCUT2D eigenvalue weighted by Crippen LogP contribution is 2.62. The molecule has 3 aliphatic carbocycles. The van der Waals surface area contributed by atoms with E-state index in [4.69, 9.17) is 9.29 Å². The van der Waals surface area contributed by atoms with E-state index >= 15 is 0 Å². The summed E-state index contributed by atoms with van der Waals surface area (Å²) in [4.78, 5) is 12.7. The van der Waals surface area contributed by atoms with Crippen LogP contribution in [0.3, 0.4) is 0 Å². The molecule has 0 bridgehead atoms. The largest absolute Gasteiger partial charge is 0.458 e. The molecule has 0 spiro atoms. The molecule has 0 aromatic rings. The average molecular weight is 603 g/mol. The van der Waals surface area contributed by atoms with Gasteiger partial charge in [-0.05, 0) is 49.4 Å². The number of carbonyl (C=O) groups excluding carboxylic acids is 1. The zero-order valence-corrected chi connectivity index (χ0v) is 21.4. The smallest absolute Gasteiger partial charge is 0.426 e. The molecule has 3 saturated carbocycles. The third kappa shape index (κ3) is 6.08. The lowest BCUT2D eigenvalue weighted by atomic mass is 9.50. The Morgan fingerprint density at radius 2 is 1.23 bits per heavy atom. The van der Waals surface area contributed by atoms with Gasteiger partial charge in [-0.1, -0.05) is 32.3 Å². The van der Waals surface area contributed by atoms with E-state index in [0.29, 0.717) is 25.7 Å². The molecule has 0 heterocycles. The van der Waals surface area contributed by atoms with Gasteiger partial charge in [-0.3, -0.25) is 4.55 Å². The summed E-state index contributed by atoms with van der Waals surface area (Å²) < 4.78 is 151. The van der Waals surface area contributed by atoms with E-state index in [9.17, 15) is 53.4 Å². The van der Waals surface area contributed by atoms with Crippen LogP contribution < -0.4 is 0 Å². The summed E-state index contributed by atoms with van der Waals surface area (Å²) in [5.74, 6) is -7.77. The van der Waals surface area contributed by atoms with Gasteiger partial charge in [0.05, 0.1) is 12.2 Å². The third-order valence-corrected chi connectivity index (χ3v) is 9.19. The van der Waals surface area contributed by atoms with Gasteiger partial charge in [-0.15, -0.1) is 0 Å². The van der Waals surface area contributed by atoms with Crippen molar-refractivity contribution in [3.05, 3.63) is 12.2 Å². The molecule has 0 radical (unpaired) electrons. The maximum atomic E-state index is 14.0. The number of carbonyl (C=O) groups is 1. The number of halogens is 8. The van der Waals surface area contributed by atoms with Crippen LogP contribution in [0.25, 0.3) is 0 Å². The van der Waals surface area contributed by atoms with E-state index in [2.05, 4.69) is 11.3 Å². The van der Waals surface area contributed by atoms with Gasteiger partial charge < -0.3 is 14.6 Å². The van der Waals surface area contributed by atoms with Crippen molar-refractivity contribution in [2.45, 2.75) is 80.7 Å². The van der Waals surface area contributed by atoms with Crippen LogP contribution in [0.15, 0.2) is 12.2 Å². The molecule has 16 heteroatoms. The second-order valence-electron chi connectivity index (χ2n) is 10.6. The number of hydrogen-bond donors (Lipinski definition) is 2. The Balaban J connectivity index is 1.87. The average Bonchev–Trinajstić information content (AvgIpc) is 2.81. The summed E-state index contributed by atoms with van der Waals surface area (Å²) in [6.07, 6.45) is -11.4. The van der Waals surface area contributed by atoms with Crippen molar-refractivity contribution in [2.75, 3.05) is 13.2 Å². The minimum Gasteiger partial charge on any atom is -0.458 e. The van der Waals surface area contributed by atoms with Crippen molar-refractivity contribution in [3.63, 3.8) is 0 Å². The van der Waals surface area contributed by atoms with Crippen LogP contribution in [0.1, 0.15) is 51.4 Å². The van der Waals surface area contributed by atoms with Gasteiger partial charge in [0, 0.05) is 5.92 Å². The molecule has 4 unspecified atom stereocenters. The highest BCUT2D eigenvalue weighted by atomic mass is 32.2. The molecule has 0 aromatic heterocycles. The Hall–Kier alpha value is -1.52. The summed E-state index contributed by atoms with van der Waals surface area (Å²) in [7, 11) is -5.79.